The normalized spacial score (nSPS) is 20.5. The summed E-state index contributed by atoms with van der Waals surface area (Å²) in [7, 11) is 3.15. The van der Waals surface area contributed by atoms with Gasteiger partial charge >= 0.3 is 0 Å². The number of amides is 1. The number of allylic oxidation sites excluding steroid dienone is 2. The molecular formula is C25H26FNO4. The molecule has 0 N–H and O–H groups in total. The molecule has 2 aromatic rings. The van der Waals surface area contributed by atoms with E-state index in [1.54, 1.807) is 43.4 Å². The SMILES string of the molecule is COc1ccc(OC)c([C@@H]2CC(=O)N(c3ccc(F)cc3)C3=C2C(=O)CC(C)(C)C3)c1. The molecule has 0 radical (unpaired) electrons. The van der Waals surface area contributed by atoms with Crippen LogP contribution in [0.15, 0.2) is 53.7 Å². The average Bonchev–Trinajstić information content (AvgIpc) is 2.72. The first-order valence-corrected chi connectivity index (χ1v) is 10.3. The minimum atomic E-state index is -0.423. The van der Waals surface area contributed by atoms with Crippen LogP contribution in [-0.2, 0) is 9.59 Å². The van der Waals surface area contributed by atoms with Crippen molar-refractivity contribution in [3.63, 3.8) is 0 Å². The molecule has 0 saturated carbocycles. The molecule has 6 heteroatoms. The Morgan fingerprint density at radius 3 is 2.35 bits per heavy atom. The molecule has 0 bridgehead atoms. The van der Waals surface area contributed by atoms with Crippen LogP contribution in [0.25, 0.3) is 0 Å². The minimum Gasteiger partial charge on any atom is -0.497 e. The third-order valence-corrected chi connectivity index (χ3v) is 6.04. The number of carbonyl (C=O) groups excluding carboxylic acids is 2. The van der Waals surface area contributed by atoms with Gasteiger partial charge in [-0.15, -0.1) is 0 Å². The van der Waals surface area contributed by atoms with Crippen LogP contribution in [0.3, 0.4) is 0 Å². The van der Waals surface area contributed by atoms with Crippen LogP contribution in [0.4, 0.5) is 10.1 Å². The summed E-state index contributed by atoms with van der Waals surface area (Å²) in [5, 5.41) is 0. The lowest BCUT2D eigenvalue weighted by atomic mass is 9.69. The largest absolute Gasteiger partial charge is 0.497 e. The fourth-order valence-electron chi connectivity index (χ4n) is 4.68. The van der Waals surface area contributed by atoms with Crippen molar-refractivity contribution in [3.8, 4) is 11.5 Å². The summed E-state index contributed by atoms with van der Waals surface area (Å²) in [5.74, 6) is 0.342. The van der Waals surface area contributed by atoms with Crippen molar-refractivity contribution in [3.05, 3.63) is 65.1 Å². The number of Topliss-reactive ketones (excluding diaryl/α,β-unsaturated/α-hetero) is 1. The van der Waals surface area contributed by atoms with E-state index >= 15 is 0 Å². The predicted octanol–water partition coefficient (Wildman–Crippen LogP) is 5.01. The molecule has 1 atom stereocenters. The van der Waals surface area contributed by atoms with Gasteiger partial charge in [-0.25, -0.2) is 4.39 Å². The molecule has 1 aliphatic heterocycles. The summed E-state index contributed by atoms with van der Waals surface area (Å²) < 4.78 is 24.5. The van der Waals surface area contributed by atoms with E-state index in [-0.39, 0.29) is 29.3 Å². The van der Waals surface area contributed by atoms with E-state index in [1.807, 2.05) is 19.9 Å². The van der Waals surface area contributed by atoms with Crippen LogP contribution in [0, 0.1) is 11.2 Å². The van der Waals surface area contributed by atoms with Gasteiger partial charge in [-0.05, 0) is 54.3 Å². The van der Waals surface area contributed by atoms with Gasteiger partial charge in [0.25, 0.3) is 0 Å². The lowest BCUT2D eigenvalue weighted by Crippen LogP contribution is -2.43. The third-order valence-electron chi connectivity index (χ3n) is 6.04. The summed E-state index contributed by atoms with van der Waals surface area (Å²) in [6, 6.07) is 11.2. The topological polar surface area (TPSA) is 55.8 Å². The number of rotatable bonds is 4. The number of carbonyl (C=O) groups is 2. The third kappa shape index (κ3) is 3.82. The van der Waals surface area contributed by atoms with Gasteiger partial charge in [-0.1, -0.05) is 13.8 Å². The molecule has 0 unspecified atom stereocenters. The Morgan fingerprint density at radius 1 is 1.00 bits per heavy atom. The molecule has 0 saturated heterocycles. The van der Waals surface area contributed by atoms with Crippen molar-refractivity contribution >= 4 is 17.4 Å². The van der Waals surface area contributed by atoms with E-state index < -0.39 is 5.92 Å². The van der Waals surface area contributed by atoms with E-state index in [2.05, 4.69) is 0 Å². The van der Waals surface area contributed by atoms with Crippen LogP contribution in [0.2, 0.25) is 0 Å². The molecule has 162 valence electrons. The van der Waals surface area contributed by atoms with Crippen molar-refractivity contribution in [1.29, 1.82) is 0 Å². The Bertz CT molecular complexity index is 1070. The second-order valence-corrected chi connectivity index (χ2v) is 8.87. The molecule has 0 spiro atoms. The quantitative estimate of drug-likeness (QED) is 0.694. The second-order valence-electron chi connectivity index (χ2n) is 8.87. The highest BCUT2D eigenvalue weighted by Crippen LogP contribution is 2.49. The molecule has 5 nitrogen and oxygen atoms in total. The highest BCUT2D eigenvalue weighted by Gasteiger charge is 2.45. The monoisotopic (exact) mass is 423 g/mol. The van der Waals surface area contributed by atoms with Gasteiger partial charge in [0.1, 0.15) is 17.3 Å². The number of nitrogens with zero attached hydrogens (tertiary/aromatic N) is 1. The van der Waals surface area contributed by atoms with E-state index in [4.69, 9.17) is 9.47 Å². The van der Waals surface area contributed by atoms with E-state index in [9.17, 15) is 14.0 Å². The number of hydrogen-bond acceptors (Lipinski definition) is 4. The molecule has 1 amide bonds. The van der Waals surface area contributed by atoms with Crippen LogP contribution in [-0.4, -0.2) is 25.9 Å². The number of methoxy groups -OCH3 is 2. The Labute approximate surface area is 181 Å². The van der Waals surface area contributed by atoms with Crippen molar-refractivity contribution in [2.24, 2.45) is 5.41 Å². The summed E-state index contributed by atoms with van der Waals surface area (Å²) in [6.07, 6.45) is 1.09. The van der Waals surface area contributed by atoms with Gasteiger partial charge in [0, 0.05) is 41.3 Å². The molecule has 1 aliphatic carbocycles. The number of halogens is 1. The fraction of sp³-hybridized carbons (Fsp3) is 0.360. The average molecular weight is 423 g/mol. The van der Waals surface area contributed by atoms with Crippen molar-refractivity contribution in [2.45, 2.75) is 39.0 Å². The Balaban J connectivity index is 1.92. The predicted molar refractivity (Wildman–Crippen MR) is 116 cm³/mol. The van der Waals surface area contributed by atoms with E-state index in [1.165, 1.54) is 12.1 Å². The maximum atomic E-state index is 13.5. The zero-order valence-electron chi connectivity index (χ0n) is 18.2. The standard InChI is InChI=1S/C25H26FNO4/c1-25(2)13-20-24(21(28)14-25)19(18-11-17(30-3)9-10-22(18)31-4)12-23(29)27(20)16-7-5-15(26)6-8-16/h5-11,19H,12-14H2,1-4H3/t19-/m0/s1. The van der Waals surface area contributed by atoms with Crippen LogP contribution < -0.4 is 14.4 Å². The number of hydrogen-bond donors (Lipinski definition) is 0. The summed E-state index contributed by atoms with van der Waals surface area (Å²) in [6.45, 7) is 4.05. The van der Waals surface area contributed by atoms with Gasteiger partial charge in [0.15, 0.2) is 5.78 Å². The highest BCUT2D eigenvalue weighted by atomic mass is 19.1. The van der Waals surface area contributed by atoms with Gasteiger partial charge in [-0.3, -0.25) is 14.5 Å². The van der Waals surface area contributed by atoms with Gasteiger partial charge in [-0.2, -0.15) is 0 Å². The first kappa shape index (κ1) is 21.1. The highest BCUT2D eigenvalue weighted by molar-refractivity contribution is 6.08. The molecule has 1 heterocycles. The van der Waals surface area contributed by atoms with Gasteiger partial charge in [0.2, 0.25) is 5.91 Å². The Kier molecular flexibility index (Phi) is 5.33. The van der Waals surface area contributed by atoms with Gasteiger partial charge < -0.3 is 9.47 Å². The van der Waals surface area contributed by atoms with E-state index in [0.717, 1.165) is 5.56 Å². The molecule has 0 fully saturated rings. The number of benzene rings is 2. The lowest BCUT2D eigenvalue weighted by molar-refractivity contribution is -0.121. The maximum Gasteiger partial charge on any atom is 0.232 e. The summed E-state index contributed by atoms with van der Waals surface area (Å²) >= 11 is 0. The second kappa shape index (κ2) is 7.84. The van der Waals surface area contributed by atoms with Crippen LogP contribution in [0.1, 0.15) is 44.6 Å². The molecular weight excluding hydrogens is 397 g/mol. The van der Waals surface area contributed by atoms with Crippen LogP contribution in [0.5, 0.6) is 11.5 Å². The van der Waals surface area contributed by atoms with Crippen molar-refractivity contribution in [2.75, 3.05) is 19.1 Å². The Hall–Kier alpha value is -3.15. The smallest absolute Gasteiger partial charge is 0.232 e. The first-order chi connectivity index (χ1) is 14.7. The first-order valence-electron chi connectivity index (χ1n) is 10.3. The van der Waals surface area contributed by atoms with Gasteiger partial charge in [0.05, 0.1) is 14.2 Å². The molecule has 2 aromatic carbocycles. The maximum absolute atomic E-state index is 13.5. The number of ketones is 1. The van der Waals surface area contributed by atoms with Crippen LogP contribution >= 0.6 is 0 Å². The minimum absolute atomic E-state index is 0.0285. The molecule has 31 heavy (non-hydrogen) atoms. The van der Waals surface area contributed by atoms with Crippen molar-refractivity contribution in [1.82, 2.24) is 0 Å². The van der Waals surface area contributed by atoms with Crippen molar-refractivity contribution < 1.29 is 23.5 Å². The summed E-state index contributed by atoms with van der Waals surface area (Å²) in [4.78, 5) is 28.4. The molecule has 2 aliphatic rings. The zero-order chi connectivity index (χ0) is 22.3. The number of anilines is 1. The molecule has 0 aromatic heterocycles. The Morgan fingerprint density at radius 2 is 1.71 bits per heavy atom. The fourth-order valence-corrected chi connectivity index (χ4v) is 4.68. The lowest BCUT2D eigenvalue weighted by Gasteiger charge is -2.43. The molecule has 4 rings (SSSR count). The zero-order valence-corrected chi connectivity index (χ0v) is 18.2. The number of ether oxygens (including phenoxy) is 2. The van der Waals surface area contributed by atoms with E-state index in [0.29, 0.717) is 41.3 Å². The summed E-state index contributed by atoms with van der Waals surface area (Å²) in [5.41, 5.74) is 2.37.